The fourth-order valence-electron chi connectivity index (χ4n) is 1.00. The normalized spacial score (nSPS) is 10.7. The maximum Gasteiger partial charge on any atom is 0.162 e. The van der Waals surface area contributed by atoms with Gasteiger partial charge in [-0.05, 0) is 0 Å². The van der Waals surface area contributed by atoms with Gasteiger partial charge in [0.15, 0.2) is 5.76 Å². The molecule has 0 aliphatic heterocycles. The van der Waals surface area contributed by atoms with Gasteiger partial charge in [0.05, 0.1) is 11.9 Å². The van der Waals surface area contributed by atoms with Gasteiger partial charge in [-0.3, -0.25) is 0 Å². The molecule has 4 nitrogen and oxygen atoms in total. The third kappa shape index (κ3) is 1.98. The summed E-state index contributed by atoms with van der Waals surface area (Å²) < 4.78 is 5.07. The third-order valence-corrected chi connectivity index (χ3v) is 1.58. The van der Waals surface area contributed by atoms with Crippen LogP contribution in [-0.4, -0.2) is 18.2 Å². The van der Waals surface area contributed by atoms with Crippen LogP contribution >= 0.6 is 0 Å². The molecule has 0 aromatic carbocycles. The molecular weight excluding hydrogens is 154 g/mol. The van der Waals surface area contributed by atoms with Crippen LogP contribution in [-0.2, 0) is 0 Å². The Labute approximate surface area is 72.1 Å². The smallest absolute Gasteiger partial charge is 0.162 e. The Balaban J connectivity index is 2.64. The van der Waals surface area contributed by atoms with Gasteiger partial charge in [0.1, 0.15) is 0 Å². The Kier molecular flexibility index (Phi) is 3.10. The van der Waals surface area contributed by atoms with E-state index >= 15 is 0 Å². The highest BCUT2D eigenvalue weighted by Gasteiger charge is 2.10. The lowest BCUT2D eigenvalue weighted by molar-refractivity contribution is 0.372. The minimum Gasteiger partial charge on any atom is -0.380 e. The number of nitrogens with one attached hydrogen (secondary N) is 1. The van der Waals surface area contributed by atoms with Gasteiger partial charge in [-0.15, -0.1) is 0 Å². The summed E-state index contributed by atoms with van der Waals surface area (Å²) in [4.78, 5) is 0. The quantitative estimate of drug-likeness (QED) is 0.710. The minimum absolute atomic E-state index is 0.354. The van der Waals surface area contributed by atoms with E-state index < -0.39 is 0 Å². The van der Waals surface area contributed by atoms with E-state index in [1.807, 2.05) is 0 Å². The maximum absolute atomic E-state index is 5.36. The van der Waals surface area contributed by atoms with E-state index in [0.29, 0.717) is 12.5 Å². The Bertz CT molecular complexity index is 232. The van der Waals surface area contributed by atoms with Crippen LogP contribution < -0.4 is 11.1 Å². The number of hydrogen-bond acceptors (Lipinski definition) is 4. The van der Waals surface area contributed by atoms with Gasteiger partial charge >= 0.3 is 0 Å². The van der Waals surface area contributed by atoms with Crippen molar-refractivity contribution < 1.29 is 4.52 Å². The van der Waals surface area contributed by atoms with Crippen LogP contribution in [0.4, 0.5) is 5.69 Å². The van der Waals surface area contributed by atoms with E-state index in [0.717, 1.165) is 18.0 Å². The zero-order valence-electron chi connectivity index (χ0n) is 7.50. The number of rotatable bonds is 4. The lowest BCUT2D eigenvalue weighted by Gasteiger charge is -2.04. The standard InChI is InChI=1S/C8H15N3O/c1-6(2)8-7(5-11-12-8)10-4-3-9/h5-6,10H,3-4,9H2,1-2H3. The summed E-state index contributed by atoms with van der Waals surface area (Å²) in [6, 6.07) is 0. The Morgan fingerprint density at radius 1 is 1.67 bits per heavy atom. The largest absolute Gasteiger partial charge is 0.380 e. The molecule has 3 N–H and O–H groups in total. The maximum atomic E-state index is 5.36. The third-order valence-electron chi connectivity index (χ3n) is 1.58. The van der Waals surface area contributed by atoms with Crippen molar-refractivity contribution in [3.05, 3.63) is 12.0 Å². The van der Waals surface area contributed by atoms with Crippen LogP contribution in [0.5, 0.6) is 0 Å². The average molecular weight is 169 g/mol. The van der Waals surface area contributed by atoms with Gasteiger partial charge in [0, 0.05) is 19.0 Å². The van der Waals surface area contributed by atoms with E-state index in [9.17, 15) is 0 Å². The molecule has 0 radical (unpaired) electrons. The molecule has 0 aliphatic carbocycles. The summed E-state index contributed by atoms with van der Waals surface area (Å²) in [5, 5.41) is 6.86. The Morgan fingerprint density at radius 2 is 2.42 bits per heavy atom. The summed E-state index contributed by atoms with van der Waals surface area (Å²) in [6.45, 7) is 5.49. The summed E-state index contributed by atoms with van der Waals surface area (Å²) in [6.07, 6.45) is 1.69. The lowest BCUT2D eigenvalue weighted by Crippen LogP contribution is -2.13. The van der Waals surface area contributed by atoms with Crippen LogP contribution in [0.3, 0.4) is 0 Å². The fraction of sp³-hybridized carbons (Fsp3) is 0.625. The second-order valence-corrected chi connectivity index (χ2v) is 2.97. The topological polar surface area (TPSA) is 64.1 Å². The molecule has 0 spiro atoms. The van der Waals surface area contributed by atoms with E-state index in [1.165, 1.54) is 0 Å². The zero-order valence-corrected chi connectivity index (χ0v) is 7.50. The second kappa shape index (κ2) is 4.11. The molecule has 0 fully saturated rings. The molecule has 4 heteroatoms. The van der Waals surface area contributed by atoms with E-state index in [-0.39, 0.29) is 0 Å². The van der Waals surface area contributed by atoms with Gasteiger partial charge in [-0.2, -0.15) is 0 Å². The van der Waals surface area contributed by atoms with Crippen molar-refractivity contribution in [3.63, 3.8) is 0 Å². The van der Waals surface area contributed by atoms with Crippen molar-refractivity contribution in [3.8, 4) is 0 Å². The van der Waals surface area contributed by atoms with Gasteiger partial charge in [0.2, 0.25) is 0 Å². The van der Waals surface area contributed by atoms with Crippen molar-refractivity contribution in [2.24, 2.45) is 5.73 Å². The molecule has 0 bridgehead atoms. The van der Waals surface area contributed by atoms with E-state index in [2.05, 4.69) is 24.3 Å². The highest BCUT2D eigenvalue weighted by atomic mass is 16.5. The molecular formula is C8H15N3O. The minimum atomic E-state index is 0.354. The van der Waals surface area contributed by atoms with Gasteiger partial charge in [-0.25, -0.2) is 0 Å². The molecule has 1 heterocycles. The van der Waals surface area contributed by atoms with Crippen LogP contribution in [0.25, 0.3) is 0 Å². The number of aromatic nitrogens is 1. The molecule has 68 valence electrons. The predicted molar refractivity (Wildman–Crippen MR) is 48.1 cm³/mol. The highest BCUT2D eigenvalue weighted by Crippen LogP contribution is 2.22. The molecule has 12 heavy (non-hydrogen) atoms. The molecule has 0 unspecified atom stereocenters. The molecule has 0 amide bonds. The van der Waals surface area contributed by atoms with E-state index in [4.69, 9.17) is 10.3 Å². The van der Waals surface area contributed by atoms with Crippen molar-refractivity contribution in [2.75, 3.05) is 18.4 Å². The van der Waals surface area contributed by atoms with E-state index in [1.54, 1.807) is 6.20 Å². The number of nitrogens with zero attached hydrogens (tertiary/aromatic N) is 1. The van der Waals surface area contributed by atoms with Gasteiger partial charge in [-0.1, -0.05) is 19.0 Å². The fourth-order valence-corrected chi connectivity index (χ4v) is 1.00. The zero-order chi connectivity index (χ0) is 8.97. The molecule has 1 aromatic rings. The highest BCUT2D eigenvalue weighted by molar-refractivity contribution is 5.45. The van der Waals surface area contributed by atoms with Crippen LogP contribution in [0.1, 0.15) is 25.5 Å². The molecule has 1 aromatic heterocycles. The van der Waals surface area contributed by atoms with Crippen molar-refractivity contribution >= 4 is 5.69 Å². The predicted octanol–water partition coefficient (Wildman–Crippen LogP) is 1.17. The van der Waals surface area contributed by atoms with Crippen LogP contribution in [0.15, 0.2) is 10.7 Å². The monoisotopic (exact) mass is 169 g/mol. The van der Waals surface area contributed by atoms with Crippen LogP contribution in [0.2, 0.25) is 0 Å². The van der Waals surface area contributed by atoms with Gasteiger partial charge in [0.25, 0.3) is 0 Å². The Hall–Kier alpha value is -1.03. The molecule has 0 saturated heterocycles. The average Bonchev–Trinajstić information content (AvgIpc) is 2.48. The first-order chi connectivity index (χ1) is 5.75. The summed E-state index contributed by atoms with van der Waals surface area (Å²) in [5.74, 6) is 1.25. The SMILES string of the molecule is CC(C)c1oncc1NCCN. The Morgan fingerprint density at radius 3 is 3.00 bits per heavy atom. The molecule has 0 aliphatic rings. The summed E-state index contributed by atoms with van der Waals surface area (Å²) in [7, 11) is 0. The first-order valence-electron chi connectivity index (χ1n) is 4.14. The lowest BCUT2D eigenvalue weighted by atomic mass is 10.1. The molecule has 0 saturated carbocycles. The van der Waals surface area contributed by atoms with Crippen LogP contribution in [0, 0.1) is 0 Å². The van der Waals surface area contributed by atoms with Gasteiger partial charge < -0.3 is 15.6 Å². The van der Waals surface area contributed by atoms with Crippen molar-refractivity contribution in [1.82, 2.24) is 5.16 Å². The second-order valence-electron chi connectivity index (χ2n) is 2.97. The van der Waals surface area contributed by atoms with Crippen molar-refractivity contribution in [1.29, 1.82) is 0 Å². The molecule has 1 rings (SSSR count). The summed E-state index contributed by atoms with van der Waals surface area (Å²) in [5.41, 5.74) is 6.31. The molecule has 0 atom stereocenters. The van der Waals surface area contributed by atoms with Crippen molar-refractivity contribution in [2.45, 2.75) is 19.8 Å². The number of hydrogen-bond donors (Lipinski definition) is 2. The first kappa shape index (κ1) is 9.06. The first-order valence-corrected chi connectivity index (χ1v) is 4.14. The number of anilines is 1. The summed E-state index contributed by atoms with van der Waals surface area (Å²) >= 11 is 0. The number of nitrogens with two attached hydrogens (primary N) is 1.